The topological polar surface area (TPSA) is 56.9 Å². The van der Waals surface area contributed by atoms with Crippen molar-refractivity contribution < 1.29 is 0 Å². The van der Waals surface area contributed by atoms with Gasteiger partial charge in [0.05, 0.1) is 0 Å². The van der Waals surface area contributed by atoms with Crippen LogP contribution in [0, 0.1) is 6.92 Å². The molecule has 0 amide bonds. The van der Waals surface area contributed by atoms with Crippen LogP contribution < -0.4 is 16.1 Å². The van der Waals surface area contributed by atoms with E-state index in [0.29, 0.717) is 6.54 Å². The molecule has 0 fully saturated rings. The van der Waals surface area contributed by atoms with Crippen LogP contribution in [-0.2, 0) is 6.54 Å². The zero-order valence-electron chi connectivity index (χ0n) is 10.8. The van der Waals surface area contributed by atoms with E-state index < -0.39 is 0 Å². The first-order chi connectivity index (χ1) is 8.24. The lowest BCUT2D eigenvalue weighted by molar-refractivity contribution is 0.591. The Labute approximate surface area is 103 Å². The van der Waals surface area contributed by atoms with Crippen molar-refractivity contribution >= 4 is 0 Å². The molecule has 0 aliphatic carbocycles. The Morgan fingerprint density at radius 1 is 1.24 bits per heavy atom. The Hall–Kier alpha value is -1.13. The van der Waals surface area contributed by atoms with Gasteiger partial charge in [0.2, 0.25) is 0 Å². The number of nitrogens with one attached hydrogen (secondary N) is 3. The second-order valence-electron chi connectivity index (χ2n) is 4.29. The third-order valence-corrected chi connectivity index (χ3v) is 2.59. The molecule has 96 valence electrons. The predicted molar refractivity (Wildman–Crippen MR) is 71.3 cm³/mol. The van der Waals surface area contributed by atoms with Gasteiger partial charge in [0.25, 0.3) is 0 Å². The van der Waals surface area contributed by atoms with Crippen molar-refractivity contribution in [1.82, 2.24) is 15.6 Å². The second kappa shape index (κ2) is 8.03. The van der Waals surface area contributed by atoms with Gasteiger partial charge in [0.1, 0.15) is 0 Å². The normalized spacial score (nSPS) is 10.7. The highest BCUT2D eigenvalue weighted by atomic mass is 16.1. The Morgan fingerprint density at radius 2 is 2.00 bits per heavy atom. The van der Waals surface area contributed by atoms with Crippen LogP contribution in [0.3, 0.4) is 0 Å². The van der Waals surface area contributed by atoms with Crippen molar-refractivity contribution in [2.24, 2.45) is 0 Å². The summed E-state index contributed by atoms with van der Waals surface area (Å²) in [5.41, 5.74) is 1.82. The Bertz CT molecular complexity index is 373. The van der Waals surface area contributed by atoms with Crippen molar-refractivity contribution in [3.05, 3.63) is 33.7 Å². The fourth-order valence-corrected chi connectivity index (χ4v) is 1.60. The third kappa shape index (κ3) is 5.65. The highest BCUT2D eigenvalue weighted by molar-refractivity contribution is 5.13. The number of hydrogen-bond acceptors (Lipinski definition) is 3. The monoisotopic (exact) mass is 237 g/mol. The first-order valence-electron chi connectivity index (χ1n) is 6.33. The molecule has 0 saturated heterocycles. The highest BCUT2D eigenvalue weighted by Gasteiger charge is 1.98. The maximum absolute atomic E-state index is 11.6. The SMILES string of the molecule is CCCNCCCNCc1c[nH]c(C)cc1=O. The summed E-state index contributed by atoms with van der Waals surface area (Å²) in [5.74, 6) is 0. The van der Waals surface area contributed by atoms with E-state index in [0.717, 1.165) is 37.3 Å². The van der Waals surface area contributed by atoms with Crippen LogP contribution in [0.25, 0.3) is 0 Å². The molecule has 0 aromatic carbocycles. The standard InChI is InChI=1S/C13H23N3O/c1-3-5-14-6-4-7-15-9-12-10-16-11(2)8-13(12)17/h8,10,14-15H,3-7,9H2,1-2H3,(H,16,17). The molecule has 1 rings (SSSR count). The molecule has 1 aromatic rings. The van der Waals surface area contributed by atoms with Crippen LogP contribution in [0.4, 0.5) is 0 Å². The van der Waals surface area contributed by atoms with Crippen LogP contribution in [0.5, 0.6) is 0 Å². The maximum atomic E-state index is 11.6. The summed E-state index contributed by atoms with van der Waals surface area (Å²) in [6, 6.07) is 1.64. The summed E-state index contributed by atoms with van der Waals surface area (Å²) in [6.07, 6.45) is 4.05. The number of hydrogen-bond donors (Lipinski definition) is 3. The predicted octanol–water partition coefficient (Wildman–Crippen LogP) is 1.16. The number of H-pyrrole nitrogens is 1. The van der Waals surface area contributed by atoms with E-state index in [9.17, 15) is 4.79 Å². The molecule has 17 heavy (non-hydrogen) atoms. The summed E-state index contributed by atoms with van der Waals surface area (Å²) in [4.78, 5) is 14.6. The molecule has 0 saturated carbocycles. The Kier molecular flexibility index (Phi) is 6.58. The van der Waals surface area contributed by atoms with Gasteiger partial charge < -0.3 is 15.6 Å². The minimum atomic E-state index is 0.109. The molecular formula is C13H23N3O. The van der Waals surface area contributed by atoms with Crippen molar-refractivity contribution in [2.45, 2.75) is 33.2 Å². The quantitative estimate of drug-likeness (QED) is 0.595. The first kappa shape index (κ1) is 13.9. The highest BCUT2D eigenvalue weighted by Crippen LogP contribution is 1.91. The van der Waals surface area contributed by atoms with E-state index in [-0.39, 0.29) is 5.43 Å². The fourth-order valence-electron chi connectivity index (χ4n) is 1.60. The molecule has 0 bridgehead atoms. The summed E-state index contributed by atoms with van der Waals surface area (Å²) in [7, 11) is 0. The van der Waals surface area contributed by atoms with E-state index in [2.05, 4.69) is 22.5 Å². The smallest absolute Gasteiger partial charge is 0.186 e. The Morgan fingerprint density at radius 3 is 2.71 bits per heavy atom. The van der Waals surface area contributed by atoms with Crippen LogP contribution in [0.1, 0.15) is 31.0 Å². The van der Waals surface area contributed by atoms with Gasteiger partial charge in [-0.3, -0.25) is 4.79 Å². The van der Waals surface area contributed by atoms with Gasteiger partial charge in [-0.15, -0.1) is 0 Å². The van der Waals surface area contributed by atoms with Gasteiger partial charge in [-0.05, 0) is 39.4 Å². The van der Waals surface area contributed by atoms with E-state index >= 15 is 0 Å². The molecule has 4 nitrogen and oxygen atoms in total. The minimum Gasteiger partial charge on any atom is -0.365 e. The van der Waals surface area contributed by atoms with Gasteiger partial charge in [-0.2, -0.15) is 0 Å². The van der Waals surface area contributed by atoms with E-state index in [1.807, 2.05) is 6.92 Å². The molecule has 0 unspecified atom stereocenters. The molecule has 0 aliphatic rings. The number of aromatic amines is 1. The van der Waals surface area contributed by atoms with Crippen molar-refractivity contribution in [2.75, 3.05) is 19.6 Å². The number of rotatable bonds is 8. The van der Waals surface area contributed by atoms with Crippen molar-refractivity contribution in [3.8, 4) is 0 Å². The number of aryl methyl sites for hydroxylation is 1. The molecule has 1 aromatic heterocycles. The van der Waals surface area contributed by atoms with Gasteiger partial charge in [-0.1, -0.05) is 6.92 Å². The van der Waals surface area contributed by atoms with Crippen molar-refractivity contribution in [3.63, 3.8) is 0 Å². The van der Waals surface area contributed by atoms with Gasteiger partial charge >= 0.3 is 0 Å². The lowest BCUT2D eigenvalue weighted by atomic mass is 10.2. The Balaban J connectivity index is 2.16. The average molecular weight is 237 g/mol. The minimum absolute atomic E-state index is 0.109. The molecule has 1 heterocycles. The molecular weight excluding hydrogens is 214 g/mol. The fraction of sp³-hybridized carbons (Fsp3) is 0.615. The summed E-state index contributed by atoms with van der Waals surface area (Å²) < 4.78 is 0. The zero-order chi connectivity index (χ0) is 12.5. The average Bonchev–Trinajstić information content (AvgIpc) is 2.30. The van der Waals surface area contributed by atoms with Gasteiger partial charge in [-0.25, -0.2) is 0 Å². The summed E-state index contributed by atoms with van der Waals surface area (Å²) >= 11 is 0. The molecule has 0 radical (unpaired) electrons. The first-order valence-corrected chi connectivity index (χ1v) is 6.33. The maximum Gasteiger partial charge on any atom is 0.186 e. The van der Waals surface area contributed by atoms with Crippen molar-refractivity contribution in [1.29, 1.82) is 0 Å². The lowest BCUT2D eigenvalue weighted by Crippen LogP contribution is -2.24. The zero-order valence-corrected chi connectivity index (χ0v) is 10.8. The van der Waals surface area contributed by atoms with E-state index in [1.165, 1.54) is 6.42 Å². The molecule has 4 heteroatoms. The summed E-state index contributed by atoms with van der Waals surface area (Å²) in [5, 5.41) is 6.62. The van der Waals surface area contributed by atoms with Crippen LogP contribution in [0.15, 0.2) is 17.1 Å². The van der Waals surface area contributed by atoms with Crippen LogP contribution >= 0.6 is 0 Å². The summed E-state index contributed by atoms with van der Waals surface area (Å²) in [6.45, 7) is 7.74. The second-order valence-corrected chi connectivity index (χ2v) is 4.29. The van der Waals surface area contributed by atoms with E-state index in [4.69, 9.17) is 0 Å². The van der Waals surface area contributed by atoms with Crippen LogP contribution in [-0.4, -0.2) is 24.6 Å². The number of pyridine rings is 1. The molecule has 0 atom stereocenters. The third-order valence-electron chi connectivity index (χ3n) is 2.59. The lowest BCUT2D eigenvalue weighted by Gasteiger charge is -2.05. The molecule has 0 spiro atoms. The van der Waals surface area contributed by atoms with E-state index in [1.54, 1.807) is 12.3 Å². The van der Waals surface area contributed by atoms with Gasteiger partial charge in [0, 0.05) is 30.1 Å². The van der Waals surface area contributed by atoms with Gasteiger partial charge in [0.15, 0.2) is 5.43 Å². The number of aromatic nitrogens is 1. The molecule has 0 aliphatic heterocycles. The largest absolute Gasteiger partial charge is 0.365 e. The van der Waals surface area contributed by atoms with Crippen LogP contribution in [0.2, 0.25) is 0 Å². The molecule has 3 N–H and O–H groups in total.